The number of rotatable bonds is 4. The Balaban J connectivity index is 2.80. The summed E-state index contributed by atoms with van der Waals surface area (Å²) in [5.74, 6) is -2.89. The third kappa shape index (κ3) is 3.41. The van der Waals surface area contributed by atoms with Crippen molar-refractivity contribution in [2.24, 2.45) is 11.8 Å². The molecule has 0 aliphatic heterocycles. The van der Waals surface area contributed by atoms with E-state index < -0.39 is 36.1 Å². The van der Waals surface area contributed by atoms with Gasteiger partial charge in [-0.15, -0.1) is 0 Å². The quantitative estimate of drug-likeness (QED) is 0.760. The van der Waals surface area contributed by atoms with Crippen molar-refractivity contribution in [2.75, 3.05) is 13.2 Å². The van der Waals surface area contributed by atoms with Gasteiger partial charge in [-0.3, -0.25) is 9.59 Å². The van der Waals surface area contributed by atoms with E-state index in [1.165, 1.54) is 0 Å². The molecule has 1 N–H and O–H groups in total. The van der Waals surface area contributed by atoms with Gasteiger partial charge in [-0.2, -0.15) is 0 Å². The van der Waals surface area contributed by atoms with Gasteiger partial charge in [0.2, 0.25) is 0 Å². The number of hydrogen-bond acceptors (Lipinski definition) is 5. The Hall–Kier alpha value is -1.17. The highest BCUT2D eigenvalue weighted by Crippen LogP contribution is 2.34. The van der Waals surface area contributed by atoms with E-state index in [1.807, 2.05) is 0 Å². The lowest BCUT2D eigenvalue weighted by Gasteiger charge is -2.33. The van der Waals surface area contributed by atoms with Gasteiger partial charge >= 0.3 is 11.9 Å². The normalized spacial score (nSPS) is 31.8. The van der Waals surface area contributed by atoms with E-state index in [9.17, 15) is 19.1 Å². The second-order valence-electron chi connectivity index (χ2n) is 4.27. The first-order valence-electron chi connectivity index (χ1n) is 6.16. The third-order valence-corrected chi connectivity index (χ3v) is 3.06. The third-order valence-electron chi connectivity index (χ3n) is 3.06. The molecule has 0 saturated heterocycles. The summed E-state index contributed by atoms with van der Waals surface area (Å²) in [6, 6.07) is 0. The fraction of sp³-hybridized carbons (Fsp3) is 0.833. The molecule has 0 aromatic rings. The van der Waals surface area contributed by atoms with E-state index in [1.54, 1.807) is 13.8 Å². The minimum Gasteiger partial charge on any atom is -0.466 e. The van der Waals surface area contributed by atoms with Crippen molar-refractivity contribution in [2.45, 2.75) is 39.0 Å². The zero-order chi connectivity index (χ0) is 13.7. The summed E-state index contributed by atoms with van der Waals surface area (Å²) >= 11 is 0. The maximum Gasteiger partial charge on any atom is 0.309 e. The van der Waals surface area contributed by atoms with Gasteiger partial charge in [-0.25, -0.2) is 4.39 Å². The largest absolute Gasteiger partial charge is 0.466 e. The number of ether oxygens (including phenoxy) is 2. The van der Waals surface area contributed by atoms with Crippen molar-refractivity contribution < 1.29 is 28.6 Å². The maximum atomic E-state index is 13.4. The van der Waals surface area contributed by atoms with Crippen LogP contribution in [-0.4, -0.2) is 42.5 Å². The number of aliphatic hydroxyl groups excluding tert-OH is 1. The average molecular weight is 262 g/mol. The molecule has 0 aromatic carbocycles. The minimum absolute atomic E-state index is 0.108. The smallest absolute Gasteiger partial charge is 0.309 e. The van der Waals surface area contributed by atoms with Crippen molar-refractivity contribution in [1.29, 1.82) is 0 Å². The molecule has 0 spiro atoms. The molecule has 0 aromatic heterocycles. The summed E-state index contributed by atoms with van der Waals surface area (Å²) in [7, 11) is 0. The average Bonchev–Trinajstić information content (AvgIpc) is 2.32. The van der Waals surface area contributed by atoms with Crippen molar-refractivity contribution >= 4 is 11.9 Å². The van der Waals surface area contributed by atoms with E-state index in [2.05, 4.69) is 0 Å². The van der Waals surface area contributed by atoms with Crippen LogP contribution < -0.4 is 0 Å². The summed E-state index contributed by atoms with van der Waals surface area (Å²) in [5.41, 5.74) is 0. The number of halogens is 1. The first-order chi connectivity index (χ1) is 8.51. The molecule has 1 fully saturated rings. The zero-order valence-electron chi connectivity index (χ0n) is 10.6. The molecule has 1 rings (SSSR count). The van der Waals surface area contributed by atoms with E-state index in [0.29, 0.717) is 0 Å². The van der Waals surface area contributed by atoms with E-state index in [-0.39, 0.29) is 26.1 Å². The van der Waals surface area contributed by atoms with Crippen LogP contribution in [0, 0.1) is 11.8 Å². The van der Waals surface area contributed by atoms with Gasteiger partial charge in [0.1, 0.15) is 6.17 Å². The Bertz CT molecular complexity index is 277. The van der Waals surface area contributed by atoms with Crippen LogP contribution >= 0.6 is 0 Å². The van der Waals surface area contributed by atoms with Crippen LogP contribution in [0.4, 0.5) is 4.39 Å². The van der Waals surface area contributed by atoms with Gasteiger partial charge in [0.25, 0.3) is 0 Å². The van der Waals surface area contributed by atoms with Crippen molar-refractivity contribution in [3.8, 4) is 0 Å². The van der Waals surface area contributed by atoms with Crippen molar-refractivity contribution in [3.05, 3.63) is 0 Å². The first-order valence-corrected chi connectivity index (χ1v) is 6.16. The Morgan fingerprint density at radius 3 is 2.00 bits per heavy atom. The van der Waals surface area contributed by atoms with Crippen LogP contribution in [0.2, 0.25) is 0 Å². The molecule has 0 bridgehead atoms. The molecule has 6 heteroatoms. The van der Waals surface area contributed by atoms with Crippen LogP contribution in [0.25, 0.3) is 0 Å². The van der Waals surface area contributed by atoms with Crippen molar-refractivity contribution in [3.63, 3.8) is 0 Å². The van der Waals surface area contributed by atoms with Gasteiger partial charge in [0.15, 0.2) is 0 Å². The van der Waals surface area contributed by atoms with Gasteiger partial charge in [-0.05, 0) is 26.7 Å². The van der Waals surface area contributed by atoms with Gasteiger partial charge in [0, 0.05) is 0 Å². The van der Waals surface area contributed by atoms with Crippen LogP contribution in [0.15, 0.2) is 0 Å². The molecular formula is C12H19FO5. The summed E-state index contributed by atoms with van der Waals surface area (Å²) in [6.45, 7) is 3.64. The molecular weight excluding hydrogens is 243 g/mol. The number of hydrogen-bond donors (Lipinski definition) is 1. The van der Waals surface area contributed by atoms with Gasteiger partial charge in [0.05, 0.1) is 31.2 Å². The number of aliphatic hydroxyl groups is 1. The monoisotopic (exact) mass is 262 g/mol. The van der Waals surface area contributed by atoms with Crippen LogP contribution in [0.5, 0.6) is 0 Å². The molecule has 4 atom stereocenters. The highest BCUT2D eigenvalue weighted by molar-refractivity contribution is 5.82. The Kier molecular flexibility index (Phi) is 5.53. The Morgan fingerprint density at radius 1 is 1.11 bits per heavy atom. The highest BCUT2D eigenvalue weighted by atomic mass is 19.1. The lowest BCUT2D eigenvalue weighted by molar-refractivity contribution is -0.167. The topological polar surface area (TPSA) is 72.8 Å². The lowest BCUT2D eigenvalue weighted by atomic mass is 9.77. The second kappa shape index (κ2) is 6.68. The fourth-order valence-electron chi connectivity index (χ4n) is 2.16. The summed E-state index contributed by atoms with van der Waals surface area (Å²) in [5, 5.41) is 9.46. The lowest BCUT2D eigenvalue weighted by Crippen LogP contribution is -2.44. The SMILES string of the molecule is CCOC(=O)C1CC(O)C(F)CC1C(=O)OCC. The fourth-order valence-corrected chi connectivity index (χ4v) is 2.16. The summed E-state index contributed by atoms with van der Waals surface area (Å²) < 4.78 is 23.1. The van der Waals surface area contributed by atoms with Crippen molar-refractivity contribution in [1.82, 2.24) is 0 Å². The second-order valence-corrected chi connectivity index (χ2v) is 4.27. The number of carbonyl (C=O) groups is 2. The summed E-state index contributed by atoms with van der Waals surface area (Å²) in [4.78, 5) is 23.4. The molecule has 1 saturated carbocycles. The Morgan fingerprint density at radius 2 is 1.56 bits per heavy atom. The molecule has 0 radical (unpaired) electrons. The van der Waals surface area contributed by atoms with Crippen LogP contribution in [0.1, 0.15) is 26.7 Å². The Labute approximate surface area is 105 Å². The molecule has 1 aliphatic carbocycles. The summed E-state index contributed by atoms with van der Waals surface area (Å²) in [6.07, 6.45) is -3.05. The van der Waals surface area contributed by atoms with E-state index in [0.717, 1.165) is 0 Å². The highest BCUT2D eigenvalue weighted by Gasteiger charge is 2.45. The van der Waals surface area contributed by atoms with Crippen LogP contribution in [0.3, 0.4) is 0 Å². The van der Waals surface area contributed by atoms with Gasteiger partial charge < -0.3 is 14.6 Å². The van der Waals surface area contributed by atoms with Gasteiger partial charge in [-0.1, -0.05) is 0 Å². The number of esters is 2. The molecule has 4 unspecified atom stereocenters. The molecule has 0 heterocycles. The predicted octanol–water partition coefficient (Wildman–Crippen LogP) is 0.838. The first kappa shape index (κ1) is 14.9. The van der Waals surface area contributed by atoms with Crippen LogP contribution in [-0.2, 0) is 19.1 Å². The molecule has 18 heavy (non-hydrogen) atoms. The number of alkyl halides is 1. The minimum atomic E-state index is -1.51. The van der Waals surface area contributed by atoms with E-state index >= 15 is 0 Å². The molecule has 1 aliphatic rings. The standard InChI is InChI=1S/C12H19FO5/c1-3-17-11(15)7-5-9(13)10(14)6-8(7)12(16)18-4-2/h7-10,14H,3-6H2,1-2H3. The molecule has 5 nitrogen and oxygen atoms in total. The predicted molar refractivity (Wildman–Crippen MR) is 60.4 cm³/mol. The molecule has 0 amide bonds. The number of carbonyl (C=O) groups excluding carboxylic acids is 2. The molecule has 104 valence electrons. The zero-order valence-corrected chi connectivity index (χ0v) is 10.6. The maximum absolute atomic E-state index is 13.4. The van der Waals surface area contributed by atoms with E-state index in [4.69, 9.17) is 9.47 Å².